The molecule has 1 saturated heterocycles. The molecule has 0 aromatic heterocycles. The number of carbonyl (C=O) groups is 4. The Bertz CT molecular complexity index is 1180. The molecular formula is C25H24N2O8S. The fourth-order valence-electron chi connectivity index (χ4n) is 3.82. The molecule has 10 nitrogen and oxygen atoms in total. The van der Waals surface area contributed by atoms with Gasteiger partial charge in [-0.25, -0.2) is 9.59 Å². The van der Waals surface area contributed by atoms with Crippen LogP contribution < -0.4 is 14.8 Å². The first-order valence-corrected chi connectivity index (χ1v) is 12.1. The van der Waals surface area contributed by atoms with Crippen molar-refractivity contribution in [3.8, 4) is 11.5 Å². The Morgan fingerprint density at radius 2 is 1.78 bits per heavy atom. The number of ether oxygens (including phenoxy) is 3. The molecule has 36 heavy (non-hydrogen) atoms. The number of aliphatic carboxylic acids is 1. The molecule has 0 aliphatic carbocycles. The minimum atomic E-state index is -1.30. The number of nitrogens with one attached hydrogen (secondary N) is 1. The van der Waals surface area contributed by atoms with E-state index in [4.69, 9.17) is 14.2 Å². The lowest BCUT2D eigenvalue weighted by molar-refractivity contribution is -0.151. The van der Waals surface area contributed by atoms with E-state index in [0.717, 1.165) is 10.5 Å². The molecule has 2 amide bonds. The van der Waals surface area contributed by atoms with Gasteiger partial charge >= 0.3 is 11.9 Å². The van der Waals surface area contributed by atoms with Gasteiger partial charge in [-0.2, -0.15) is 0 Å². The molecule has 2 aliphatic heterocycles. The van der Waals surface area contributed by atoms with Gasteiger partial charge in [0.1, 0.15) is 35.2 Å². The molecule has 1 unspecified atom stereocenters. The van der Waals surface area contributed by atoms with Crippen molar-refractivity contribution in [2.24, 2.45) is 0 Å². The zero-order valence-electron chi connectivity index (χ0n) is 19.3. The number of hydrogen-bond donors (Lipinski definition) is 2. The van der Waals surface area contributed by atoms with Crippen LogP contribution in [0.4, 0.5) is 0 Å². The van der Waals surface area contributed by atoms with Gasteiger partial charge in [0.05, 0.1) is 13.5 Å². The Hall–Kier alpha value is -3.99. The number of fused-ring (bicyclic) bond motifs is 1. The molecule has 188 valence electrons. The predicted molar refractivity (Wildman–Crippen MR) is 129 cm³/mol. The lowest BCUT2D eigenvalue weighted by atomic mass is 10.0. The third-order valence-electron chi connectivity index (χ3n) is 5.60. The normalized spacial score (nSPS) is 18.6. The summed E-state index contributed by atoms with van der Waals surface area (Å²) in [4.78, 5) is 50.4. The quantitative estimate of drug-likeness (QED) is 0.360. The van der Waals surface area contributed by atoms with Crippen LogP contribution in [0.15, 0.2) is 65.9 Å². The van der Waals surface area contributed by atoms with Gasteiger partial charge in [0.25, 0.3) is 5.91 Å². The van der Waals surface area contributed by atoms with Gasteiger partial charge in [-0.3, -0.25) is 14.5 Å². The fraction of sp³-hybridized carbons (Fsp3) is 0.280. The number of carboxylic acid groups (broad SMARTS) is 1. The van der Waals surface area contributed by atoms with Crippen LogP contribution in [0.25, 0.3) is 0 Å². The van der Waals surface area contributed by atoms with E-state index in [9.17, 15) is 24.3 Å². The van der Waals surface area contributed by atoms with E-state index in [2.05, 4.69) is 5.32 Å². The SMILES string of the molecule is COc1ccc(OCC(=O)OCC2=C(C(=O)O)N3C(=O)C(NC(=O)Cc4ccccc4)[C@H]3SC2)cc1. The van der Waals surface area contributed by atoms with Crippen molar-refractivity contribution in [1.82, 2.24) is 10.2 Å². The molecule has 0 radical (unpaired) electrons. The van der Waals surface area contributed by atoms with E-state index >= 15 is 0 Å². The van der Waals surface area contributed by atoms with Crippen LogP contribution in [0.2, 0.25) is 0 Å². The maximum Gasteiger partial charge on any atom is 0.352 e. The van der Waals surface area contributed by atoms with E-state index < -0.39 is 29.3 Å². The number of thioether (sulfide) groups is 1. The third-order valence-corrected chi connectivity index (χ3v) is 6.94. The van der Waals surface area contributed by atoms with E-state index in [0.29, 0.717) is 17.1 Å². The maximum atomic E-state index is 12.8. The molecule has 1 fully saturated rings. The van der Waals surface area contributed by atoms with Crippen molar-refractivity contribution in [2.45, 2.75) is 17.8 Å². The summed E-state index contributed by atoms with van der Waals surface area (Å²) in [6.45, 7) is -0.656. The Balaban J connectivity index is 1.32. The first-order valence-electron chi connectivity index (χ1n) is 11.0. The zero-order chi connectivity index (χ0) is 25.7. The average Bonchev–Trinajstić information content (AvgIpc) is 2.89. The van der Waals surface area contributed by atoms with Crippen LogP contribution in [0.5, 0.6) is 11.5 Å². The first kappa shape index (κ1) is 25.1. The largest absolute Gasteiger partial charge is 0.497 e. The lowest BCUT2D eigenvalue weighted by Gasteiger charge is -2.49. The Kier molecular flexibility index (Phi) is 7.79. The minimum Gasteiger partial charge on any atom is -0.497 e. The standard InChI is InChI=1S/C25H24N2O8S/c1-33-17-7-9-18(10-8-17)34-13-20(29)35-12-16-14-36-24-21(23(30)27(24)22(16)25(31)32)26-19(28)11-15-5-3-2-4-6-15/h2-10,21,24H,11-14H2,1H3,(H,26,28)(H,31,32)/t21?,24-/m1/s1. The molecule has 2 aromatic carbocycles. The van der Waals surface area contributed by atoms with E-state index in [-0.39, 0.29) is 37.0 Å². The number of methoxy groups -OCH3 is 1. The molecule has 2 aromatic rings. The first-order chi connectivity index (χ1) is 17.4. The Labute approximate surface area is 211 Å². The monoisotopic (exact) mass is 512 g/mol. The number of hydrogen-bond acceptors (Lipinski definition) is 8. The highest BCUT2D eigenvalue weighted by atomic mass is 32.2. The summed E-state index contributed by atoms with van der Waals surface area (Å²) in [5.74, 6) is -1.51. The summed E-state index contributed by atoms with van der Waals surface area (Å²) >= 11 is 1.30. The number of carbonyl (C=O) groups excluding carboxylic acids is 3. The van der Waals surface area contributed by atoms with Gasteiger partial charge in [-0.15, -0.1) is 11.8 Å². The van der Waals surface area contributed by atoms with Crippen LogP contribution in [0.3, 0.4) is 0 Å². The molecule has 2 N–H and O–H groups in total. The Morgan fingerprint density at radius 1 is 1.08 bits per heavy atom. The molecule has 0 bridgehead atoms. The summed E-state index contributed by atoms with van der Waals surface area (Å²) < 4.78 is 15.6. The second kappa shape index (κ2) is 11.2. The topological polar surface area (TPSA) is 131 Å². The highest BCUT2D eigenvalue weighted by Gasteiger charge is 2.54. The van der Waals surface area contributed by atoms with Crippen LogP contribution >= 0.6 is 11.8 Å². The van der Waals surface area contributed by atoms with Crippen molar-refractivity contribution in [1.29, 1.82) is 0 Å². The summed E-state index contributed by atoms with van der Waals surface area (Å²) in [6, 6.07) is 14.9. The summed E-state index contributed by atoms with van der Waals surface area (Å²) in [5, 5.41) is 11.9. The van der Waals surface area contributed by atoms with Crippen molar-refractivity contribution in [2.75, 3.05) is 26.1 Å². The minimum absolute atomic E-state index is 0.115. The van der Waals surface area contributed by atoms with Crippen molar-refractivity contribution in [3.05, 3.63) is 71.4 Å². The third kappa shape index (κ3) is 5.62. The van der Waals surface area contributed by atoms with Crippen LogP contribution in [0.1, 0.15) is 5.56 Å². The molecule has 4 rings (SSSR count). The maximum absolute atomic E-state index is 12.8. The average molecular weight is 513 g/mol. The number of β-lactam (4-membered cyclic amide) rings is 1. The highest BCUT2D eigenvalue weighted by Crippen LogP contribution is 2.40. The van der Waals surface area contributed by atoms with Gasteiger partial charge in [-0.05, 0) is 29.8 Å². The van der Waals surface area contributed by atoms with Gasteiger partial charge < -0.3 is 24.6 Å². The summed E-state index contributed by atoms with van der Waals surface area (Å²) in [7, 11) is 1.54. The molecule has 2 aliphatic rings. The van der Waals surface area contributed by atoms with Gasteiger partial charge in [-0.1, -0.05) is 30.3 Å². The fourth-order valence-corrected chi connectivity index (χ4v) is 5.15. The zero-order valence-corrected chi connectivity index (χ0v) is 20.2. The number of rotatable bonds is 10. The van der Waals surface area contributed by atoms with Crippen molar-refractivity contribution in [3.63, 3.8) is 0 Å². The van der Waals surface area contributed by atoms with E-state index in [1.807, 2.05) is 30.3 Å². The molecule has 0 saturated carbocycles. The number of nitrogens with zero attached hydrogens (tertiary/aromatic N) is 1. The van der Waals surface area contributed by atoms with Crippen LogP contribution in [-0.4, -0.2) is 71.3 Å². The predicted octanol–water partition coefficient (Wildman–Crippen LogP) is 1.60. The second-order valence-electron chi connectivity index (χ2n) is 8.00. The molecular weight excluding hydrogens is 488 g/mol. The molecule has 2 heterocycles. The van der Waals surface area contributed by atoms with Crippen molar-refractivity contribution >= 4 is 35.5 Å². The number of benzene rings is 2. The number of esters is 1. The number of carboxylic acids is 1. The molecule has 11 heteroatoms. The molecule has 2 atom stereocenters. The van der Waals surface area contributed by atoms with Crippen molar-refractivity contribution < 1.29 is 38.5 Å². The summed E-state index contributed by atoms with van der Waals surface area (Å²) in [6.07, 6.45) is 0.115. The molecule has 0 spiro atoms. The van der Waals surface area contributed by atoms with E-state index in [1.54, 1.807) is 24.3 Å². The van der Waals surface area contributed by atoms with E-state index in [1.165, 1.54) is 18.9 Å². The number of amides is 2. The van der Waals surface area contributed by atoms with Gasteiger partial charge in [0.2, 0.25) is 5.91 Å². The second-order valence-corrected chi connectivity index (χ2v) is 9.10. The van der Waals surface area contributed by atoms with Crippen LogP contribution in [-0.2, 0) is 30.3 Å². The lowest BCUT2D eigenvalue weighted by Crippen LogP contribution is -2.70. The summed E-state index contributed by atoms with van der Waals surface area (Å²) in [5.41, 5.74) is 0.881. The highest BCUT2D eigenvalue weighted by molar-refractivity contribution is 8.00. The Morgan fingerprint density at radius 3 is 2.44 bits per heavy atom. The van der Waals surface area contributed by atoms with Gasteiger partial charge in [0, 0.05) is 11.3 Å². The van der Waals surface area contributed by atoms with Gasteiger partial charge in [0.15, 0.2) is 6.61 Å². The van der Waals surface area contributed by atoms with Crippen LogP contribution in [0, 0.1) is 0 Å². The smallest absolute Gasteiger partial charge is 0.352 e.